The number of hydrogen-bond donors (Lipinski definition) is 2. The van der Waals surface area contributed by atoms with Gasteiger partial charge in [0.2, 0.25) is 11.7 Å². The Labute approximate surface area is 162 Å². The zero-order valence-electron chi connectivity index (χ0n) is 15.8. The number of anilines is 1. The molecule has 1 fully saturated rings. The second kappa shape index (κ2) is 6.87. The quantitative estimate of drug-likeness (QED) is 0.568. The maximum absolute atomic E-state index is 9.66. The predicted molar refractivity (Wildman–Crippen MR) is 106 cm³/mol. The van der Waals surface area contributed by atoms with Gasteiger partial charge >= 0.3 is 0 Å². The molecule has 0 bridgehead atoms. The van der Waals surface area contributed by atoms with E-state index in [0.717, 1.165) is 54.4 Å². The van der Waals surface area contributed by atoms with Crippen LogP contribution in [-0.2, 0) is 6.42 Å². The van der Waals surface area contributed by atoms with Gasteiger partial charge in [-0.2, -0.15) is 0 Å². The zero-order chi connectivity index (χ0) is 19.1. The van der Waals surface area contributed by atoms with Gasteiger partial charge < -0.3 is 10.4 Å². The van der Waals surface area contributed by atoms with Crippen molar-refractivity contribution < 1.29 is 5.11 Å². The molecule has 0 spiro atoms. The van der Waals surface area contributed by atoms with Crippen LogP contribution in [0.3, 0.4) is 0 Å². The molecule has 8 nitrogen and oxygen atoms in total. The number of aliphatic hydroxyl groups is 1. The average molecular weight is 377 g/mol. The Morgan fingerprint density at radius 3 is 2.75 bits per heavy atom. The number of nitrogens with zero attached hydrogens (tertiary/aromatic N) is 6. The number of nitrogens with one attached hydrogen (secondary N) is 1. The molecule has 1 aliphatic rings. The van der Waals surface area contributed by atoms with Crippen molar-refractivity contribution in [1.82, 2.24) is 29.0 Å². The van der Waals surface area contributed by atoms with Gasteiger partial charge in [-0.05, 0) is 38.2 Å². The van der Waals surface area contributed by atoms with Crippen molar-refractivity contribution in [3.63, 3.8) is 0 Å². The number of aryl methyl sites for hydroxylation is 1. The molecule has 4 aromatic rings. The first-order valence-corrected chi connectivity index (χ1v) is 9.82. The summed E-state index contributed by atoms with van der Waals surface area (Å²) in [6.07, 6.45) is 13.9. The molecule has 2 N–H and O–H groups in total. The smallest absolute Gasteiger partial charge is 0.241 e. The second-order valence-electron chi connectivity index (χ2n) is 7.41. The summed E-state index contributed by atoms with van der Waals surface area (Å²) in [6.45, 7) is 2.11. The van der Waals surface area contributed by atoms with E-state index in [2.05, 4.69) is 38.5 Å². The maximum atomic E-state index is 9.66. The Kier molecular flexibility index (Phi) is 4.20. The SMILES string of the molecule is CCc1cnc2ncc(-c3ccn4nc(NC5CCC(O)CC5)ncc34)cn12. The van der Waals surface area contributed by atoms with Gasteiger partial charge in [0, 0.05) is 41.5 Å². The minimum absolute atomic E-state index is 0.164. The summed E-state index contributed by atoms with van der Waals surface area (Å²) >= 11 is 0. The van der Waals surface area contributed by atoms with Crippen LogP contribution in [0.1, 0.15) is 38.3 Å². The van der Waals surface area contributed by atoms with E-state index >= 15 is 0 Å². The zero-order valence-corrected chi connectivity index (χ0v) is 15.8. The normalized spacial score (nSPS) is 20.1. The number of aliphatic hydroxyl groups excluding tert-OH is 1. The summed E-state index contributed by atoms with van der Waals surface area (Å²) < 4.78 is 3.88. The van der Waals surface area contributed by atoms with Gasteiger partial charge in [-0.3, -0.25) is 4.40 Å². The van der Waals surface area contributed by atoms with E-state index in [1.807, 2.05) is 39.8 Å². The van der Waals surface area contributed by atoms with Crippen LogP contribution in [-0.4, -0.2) is 46.2 Å². The molecule has 8 heteroatoms. The largest absolute Gasteiger partial charge is 0.393 e. The summed E-state index contributed by atoms with van der Waals surface area (Å²) in [5.74, 6) is 1.33. The van der Waals surface area contributed by atoms with Gasteiger partial charge in [0.1, 0.15) is 0 Å². The van der Waals surface area contributed by atoms with E-state index in [9.17, 15) is 5.11 Å². The molecule has 4 heterocycles. The summed E-state index contributed by atoms with van der Waals surface area (Å²) in [5, 5.41) is 17.7. The molecule has 0 unspecified atom stereocenters. The number of hydrogen-bond acceptors (Lipinski definition) is 6. The molecule has 28 heavy (non-hydrogen) atoms. The highest BCUT2D eigenvalue weighted by molar-refractivity contribution is 5.79. The maximum Gasteiger partial charge on any atom is 0.241 e. The molecule has 0 saturated heterocycles. The van der Waals surface area contributed by atoms with Gasteiger partial charge in [-0.25, -0.2) is 19.5 Å². The van der Waals surface area contributed by atoms with E-state index in [-0.39, 0.29) is 6.10 Å². The minimum atomic E-state index is -0.164. The van der Waals surface area contributed by atoms with E-state index in [1.54, 1.807) is 0 Å². The van der Waals surface area contributed by atoms with Crippen molar-refractivity contribution in [2.45, 2.75) is 51.2 Å². The van der Waals surface area contributed by atoms with Crippen LogP contribution in [0.5, 0.6) is 0 Å². The van der Waals surface area contributed by atoms with Gasteiger partial charge in [0.15, 0.2) is 0 Å². The lowest BCUT2D eigenvalue weighted by molar-refractivity contribution is 0.126. The Morgan fingerprint density at radius 1 is 1.11 bits per heavy atom. The number of aromatic nitrogens is 6. The molecular weight excluding hydrogens is 354 g/mol. The first-order chi connectivity index (χ1) is 13.7. The van der Waals surface area contributed by atoms with Gasteiger partial charge in [0.25, 0.3) is 0 Å². The van der Waals surface area contributed by atoms with Crippen LogP contribution >= 0.6 is 0 Å². The van der Waals surface area contributed by atoms with Crippen LogP contribution < -0.4 is 5.32 Å². The summed E-state index contributed by atoms with van der Waals surface area (Å²) in [7, 11) is 0. The minimum Gasteiger partial charge on any atom is -0.393 e. The van der Waals surface area contributed by atoms with Gasteiger partial charge in [-0.15, -0.1) is 5.10 Å². The first kappa shape index (κ1) is 17.1. The fourth-order valence-corrected chi connectivity index (χ4v) is 3.93. The van der Waals surface area contributed by atoms with Crippen molar-refractivity contribution in [3.05, 3.63) is 42.7 Å². The fraction of sp³-hybridized carbons (Fsp3) is 0.400. The van der Waals surface area contributed by atoms with E-state index in [1.165, 1.54) is 0 Å². The molecule has 5 rings (SSSR count). The Morgan fingerprint density at radius 2 is 1.93 bits per heavy atom. The third kappa shape index (κ3) is 2.99. The molecule has 0 radical (unpaired) electrons. The van der Waals surface area contributed by atoms with Gasteiger partial charge in [0.05, 0.1) is 24.0 Å². The fourth-order valence-electron chi connectivity index (χ4n) is 3.93. The monoisotopic (exact) mass is 377 g/mol. The molecule has 4 aromatic heterocycles. The highest BCUT2D eigenvalue weighted by atomic mass is 16.3. The van der Waals surface area contributed by atoms with Crippen LogP contribution in [0.25, 0.3) is 22.4 Å². The van der Waals surface area contributed by atoms with Crippen LogP contribution in [0.4, 0.5) is 5.95 Å². The molecule has 1 aliphatic carbocycles. The molecular formula is C20H23N7O. The Hall–Kier alpha value is -3.00. The summed E-state index contributed by atoms with van der Waals surface area (Å²) in [4.78, 5) is 13.3. The molecule has 0 aliphatic heterocycles. The molecule has 0 atom stereocenters. The number of rotatable bonds is 4. The third-order valence-corrected chi connectivity index (χ3v) is 5.56. The van der Waals surface area contributed by atoms with Crippen molar-refractivity contribution in [2.24, 2.45) is 0 Å². The summed E-state index contributed by atoms with van der Waals surface area (Å²) in [6, 6.07) is 2.35. The average Bonchev–Trinajstić information content (AvgIpc) is 3.32. The number of imidazole rings is 1. The highest BCUT2D eigenvalue weighted by Gasteiger charge is 2.20. The lowest BCUT2D eigenvalue weighted by Gasteiger charge is -2.26. The van der Waals surface area contributed by atoms with E-state index in [0.29, 0.717) is 17.8 Å². The van der Waals surface area contributed by atoms with E-state index < -0.39 is 0 Å². The third-order valence-electron chi connectivity index (χ3n) is 5.56. The highest BCUT2D eigenvalue weighted by Crippen LogP contribution is 2.26. The lowest BCUT2D eigenvalue weighted by Crippen LogP contribution is -2.29. The number of fused-ring (bicyclic) bond motifs is 2. The van der Waals surface area contributed by atoms with Crippen LogP contribution in [0, 0.1) is 0 Å². The lowest BCUT2D eigenvalue weighted by atomic mass is 9.93. The molecule has 1 saturated carbocycles. The van der Waals surface area contributed by atoms with Crippen LogP contribution in [0.15, 0.2) is 37.1 Å². The first-order valence-electron chi connectivity index (χ1n) is 9.82. The molecule has 144 valence electrons. The predicted octanol–water partition coefficient (Wildman–Crippen LogP) is 2.72. The second-order valence-corrected chi connectivity index (χ2v) is 7.41. The van der Waals surface area contributed by atoms with Crippen molar-refractivity contribution in [2.75, 3.05) is 5.32 Å². The van der Waals surface area contributed by atoms with Crippen molar-refractivity contribution in [1.29, 1.82) is 0 Å². The topological polar surface area (TPSA) is 92.6 Å². The van der Waals surface area contributed by atoms with E-state index in [4.69, 9.17) is 0 Å². The Bertz CT molecular complexity index is 1120. The van der Waals surface area contributed by atoms with Crippen molar-refractivity contribution in [3.8, 4) is 11.1 Å². The van der Waals surface area contributed by atoms with Crippen LogP contribution in [0.2, 0.25) is 0 Å². The molecule has 0 aromatic carbocycles. The Balaban J connectivity index is 1.45. The van der Waals surface area contributed by atoms with Gasteiger partial charge in [-0.1, -0.05) is 6.92 Å². The van der Waals surface area contributed by atoms with Crippen molar-refractivity contribution >= 4 is 17.2 Å². The standard InChI is InChI=1S/C20H23N7O/c1-2-15-10-23-20-22-9-13(12-26(15)20)17-7-8-27-18(17)11-21-19(25-27)24-14-3-5-16(28)6-4-14/h7-12,14,16,28H,2-6H2,1H3,(H,24,25). The molecule has 0 amide bonds. The summed E-state index contributed by atoms with van der Waals surface area (Å²) in [5.41, 5.74) is 4.11.